The lowest BCUT2D eigenvalue weighted by molar-refractivity contribution is 0.186. The second-order valence-electron chi connectivity index (χ2n) is 9.18. The Kier molecular flexibility index (Phi) is 23.7. The van der Waals surface area contributed by atoms with Gasteiger partial charge in [0.05, 0.1) is 6.10 Å². The van der Waals surface area contributed by atoms with Gasteiger partial charge < -0.3 is 10.2 Å². The van der Waals surface area contributed by atoms with Crippen molar-refractivity contribution >= 4 is 11.8 Å². The molecule has 0 fully saturated rings. The van der Waals surface area contributed by atoms with E-state index < -0.39 is 0 Å². The van der Waals surface area contributed by atoms with Crippen molar-refractivity contribution in [2.24, 2.45) is 11.8 Å². The summed E-state index contributed by atoms with van der Waals surface area (Å²) in [5, 5.41) is 19.3. The summed E-state index contributed by atoms with van der Waals surface area (Å²) in [4.78, 5) is 0. The molecule has 180 valence electrons. The molecule has 0 spiro atoms. The van der Waals surface area contributed by atoms with Crippen molar-refractivity contribution in [2.45, 2.75) is 130 Å². The topological polar surface area (TPSA) is 40.5 Å². The fourth-order valence-corrected chi connectivity index (χ4v) is 5.20. The average molecular weight is 443 g/mol. The summed E-state index contributed by atoms with van der Waals surface area (Å²) in [6, 6.07) is 0. The second-order valence-corrected chi connectivity index (χ2v) is 10.3. The molecule has 0 radical (unpaired) electrons. The van der Waals surface area contributed by atoms with Gasteiger partial charge in [0.1, 0.15) is 0 Å². The first kappa shape index (κ1) is 30.0. The number of hydrogen-bond acceptors (Lipinski definition) is 3. The first-order valence-corrected chi connectivity index (χ1v) is 14.3. The third-order valence-electron chi connectivity index (χ3n) is 6.22. The van der Waals surface area contributed by atoms with Crippen LogP contribution in [0, 0.1) is 11.8 Å². The molecule has 0 aliphatic rings. The Morgan fingerprint density at radius 3 is 2.00 bits per heavy atom. The van der Waals surface area contributed by atoms with Gasteiger partial charge in [-0.1, -0.05) is 97.1 Å². The summed E-state index contributed by atoms with van der Waals surface area (Å²) < 4.78 is 0. The second kappa shape index (κ2) is 23.7. The molecule has 3 heteroatoms. The molecule has 0 aliphatic heterocycles. The number of aliphatic hydroxyl groups is 2. The van der Waals surface area contributed by atoms with Crippen LogP contribution in [0.15, 0.2) is 12.2 Å². The summed E-state index contributed by atoms with van der Waals surface area (Å²) in [7, 11) is 0. The summed E-state index contributed by atoms with van der Waals surface area (Å²) in [6.07, 6.45) is 24.4. The molecule has 0 rings (SSSR count). The van der Waals surface area contributed by atoms with Gasteiger partial charge in [0, 0.05) is 12.4 Å². The van der Waals surface area contributed by atoms with E-state index in [1.807, 2.05) is 11.8 Å². The van der Waals surface area contributed by atoms with Crippen LogP contribution in [0.3, 0.4) is 0 Å². The maximum atomic E-state index is 10.0. The van der Waals surface area contributed by atoms with Crippen molar-refractivity contribution < 1.29 is 10.2 Å². The largest absolute Gasteiger partial charge is 0.396 e. The Balaban J connectivity index is 4.16. The quantitative estimate of drug-likeness (QED) is 0.124. The van der Waals surface area contributed by atoms with Crippen LogP contribution < -0.4 is 0 Å². The van der Waals surface area contributed by atoms with Crippen LogP contribution in [0.2, 0.25) is 0 Å². The zero-order valence-corrected chi connectivity index (χ0v) is 21.4. The molecule has 0 aromatic rings. The Morgan fingerprint density at radius 2 is 1.37 bits per heavy atom. The van der Waals surface area contributed by atoms with Crippen molar-refractivity contribution in [3.8, 4) is 0 Å². The molecule has 0 aliphatic carbocycles. The fraction of sp³-hybridized carbons (Fsp3) is 0.926. The van der Waals surface area contributed by atoms with Gasteiger partial charge in [-0.15, -0.1) is 0 Å². The third kappa shape index (κ3) is 19.9. The van der Waals surface area contributed by atoms with E-state index in [0.717, 1.165) is 37.4 Å². The van der Waals surface area contributed by atoms with Crippen molar-refractivity contribution in [2.75, 3.05) is 18.1 Å². The summed E-state index contributed by atoms with van der Waals surface area (Å²) in [6.45, 7) is 7.07. The minimum Gasteiger partial charge on any atom is -0.396 e. The van der Waals surface area contributed by atoms with Gasteiger partial charge in [0.25, 0.3) is 0 Å². The first-order chi connectivity index (χ1) is 14.7. The van der Waals surface area contributed by atoms with Gasteiger partial charge in [-0.25, -0.2) is 0 Å². The molecule has 2 N–H and O–H groups in total. The van der Waals surface area contributed by atoms with Gasteiger partial charge in [0.15, 0.2) is 0 Å². The number of unbranched alkanes of at least 4 members (excludes halogenated alkanes) is 5. The van der Waals surface area contributed by atoms with E-state index in [9.17, 15) is 10.2 Å². The van der Waals surface area contributed by atoms with Crippen LogP contribution in [0.25, 0.3) is 0 Å². The van der Waals surface area contributed by atoms with Crippen LogP contribution in [0.4, 0.5) is 0 Å². The van der Waals surface area contributed by atoms with Crippen LogP contribution >= 0.6 is 11.8 Å². The van der Waals surface area contributed by atoms with Crippen molar-refractivity contribution in [1.29, 1.82) is 0 Å². The molecule has 3 unspecified atom stereocenters. The van der Waals surface area contributed by atoms with Gasteiger partial charge >= 0.3 is 0 Å². The molecule has 0 aromatic carbocycles. The maximum absolute atomic E-state index is 10.0. The van der Waals surface area contributed by atoms with Crippen LogP contribution in [-0.4, -0.2) is 34.4 Å². The molecular formula is C27H54O2S. The Bertz CT molecular complexity index is 359. The first-order valence-electron chi connectivity index (χ1n) is 13.2. The molecule has 0 saturated heterocycles. The SMILES string of the molecule is CCCCCC(CC=CCCC(CCO)CCCCC)CCSCC(O)CCCC. The molecule has 0 aromatic heterocycles. The number of aliphatic hydroxyl groups excluding tert-OH is 2. The van der Waals surface area contributed by atoms with Crippen molar-refractivity contribution in [1.82, 2.24) is 0 Å². The molecule has 0 heterocycles. The lowest BCUT2D eigenvalue weighted by Crippen LogP contribution is -2.10. The zero-order valence-electron chi connectivity index (χ0n) is 20.6. The Hall–Kier alpha value is 0.01000. The lowest BCUT2D eigenvalue weighted by atomic mass is 9.92. The highest BCUT2D eigenvalue weighted by molar-refractivity contribution is 7.99. The van der Waals surface area contributed by atoms with Crippen LogP contribution in [0.1, 0.15) is 124 Å². The molecular weight excluding hydrogens is 388 g/mol. The van der Waals surface area contributed by atoms with E-state index >= 15 is 0 Å². The number of hydrogen-bond donors (Lipinski definition) is 2. The average Bonchev–Trinajstić information content (AvgIpc) is 2.74. The summed E-state index contributed by atoms with van der Waals surface area (Å²) >= 11 is 1.94. The highest BCUT2D eigenvalue weighted by atomic mass is 32.2. The van der Waals surface area contributed by atoms with Gasteiger partial charge in [-0.3, -0.25) is 0 Å². The predicted molar refractivity (Wildman–Crippen MR) is 137 cm³/mol. The molecule has 2 nitrogen and oxygen atoms in total. The fourth-order valence-electron chi connectivity index (χ4n) is 4.09. The molecule has 3 atom stereocenters. The molecule has 0 saturated carbocycles. The van der Waals surface area contributed by atoms with E-state index in [1.54, 1.807) is 0 Å². The monoisotopic (exact) mass is 442 g/mol. The molecule has 0 amide bonds. The van der Waals surface area contributed by atoms with Crippen LogP contribution in [0.5, 0.6) is 0 Å². The third-order valence-corrected chi connectivity index (χ3v) is 7.36. The lowest BCUT2D eigenvalue weighted by Gasteiger charge is -2.16. The Labute approximate surface area is 193 Å². The number of allylic oxidation sites excluding steroid dienone is 2. The summed E-state index contributed by atoms with van der Waals surface area (Å²) in [5.74, 6) is 3.58. The minimum atomic E-state index is -0.113. The summed E-state index contributed by atoms with van der Waals surface area (Å²) in [5.41, 5.74) is 0. The molecule has 0 bridgehead atoms. The molecule has 30 heavy (non-hydrogen) atoms. The maximum Gasteiger partial charge on any atom is 0.0630 e. The minimum absolute atomic E-state index is 0.113. The number of rotatable bonds is 23. The van der Waals surface area contributed by atoms with Gasteiger partial charge in [0.2, 0.25) is 0 Å². The normalized spacial score (nSPS) is 15.0. The van der Waals surface area contributed by atoms with E-state index in [-0.39, 0.29) is 6.10 Å². The Morgan fingerprint density at radius 1 is 0.700 bits per heavy atom. The van der Waals surface area contributed by atoms with E-state index in [2.05, 4.69) is 32.9 Å². The van der Waals surface area contributed by atoms with Crippen molar-refractivity contribution in [3.63, 3.8) is 0 Å². The van der Waals surface area contributed by atoms with E-state index in [4.69, 9.17) is 0 Å². The smallest absolute Gasteiger partial charge is 0.0630 e. The van der Waals surface area contributed by atoms with E-state index in [1.165, 1.54) is 82.8 Å². The standard InChI is InChI=1S/C27H54O2S/c1-4-7-11-15-25(20-22-28)17-13-10-14-18-26(16-12-8-5-2)21-23-30-24-27(29)19-9-6-3/h10,14,25-29H,4-9,11-13,15-24H2,1-3H3. The van der Waals surface area contributed by atoms with Crippen LogP contribution in [-0.2, 0) is 0 Å². The highest BCUT2D eigenvalue weighted by Crippen LogP contribution is 2.23. The highest BCUT2D eigenvalue weighted by Gasteiger charge is 2.10. The van der Waals surface area contributed by atoms with Gasteiger partial charge in [-0.2, -0.15) is 11.8 Å². The van der Waals surface area contributed by atoms with Crippen molar-refractivity contribution in [3.05, 3.63) is 12.2 Å². The zero-order chi connectivity index (χ0) is 22.3. The predicted octanol–water partition coefficient (Wildman–Crippen LogP) is 8.16. The van der Waals surface area contributed by atoms with Gasteiger partial charge in [-0.05, 0) is 56.1 Å². The number of thioether (sulfide) groups is 1. The van der Waals surface area contributed by atoms with E-state index in [0.29, 0.717) is 12.5 Å².